The van der Waals surface area contributed by atoms with Crippen molar-refractivity contribution >= 4 is 20.8 Å². The van der Waals surface area contributed by atoms with Gasteiger partial charge in [0.15, 0.2) is 0 Å². The molecule has 0 bridgehead atoms. The highest BCUT2D eigenvalue weighted by atomic mass is 28.2. The minimum absolute atomic E-state index is 0.457. The minimum atomic E-state index is 0.457. The summed E-state index contributed by atoms with van der Waals surface area (Å²) in [5.41, 5.74) is 0.457. The predicted molar refractivity (Wildman–Crippen MR) is 41.5 cm³/mol. The highest BCUT2D eigenvalue weighted by Crippen LogP contribution is 2.04. The molecule has 0 aliphatic heterocycles. The van der Waals surface area contributed by atoms with E-state index in [1.165, 1.54) is 20.8 Å². The monoisotopic (exact) mass is 133 g/mol. The maximum absolute atomic E-state index is 2.47. The molecule has 0 N–H and O–H groups in total. The van der Waals surface area contributed by atoms with E-state index >= 15 is 0 Å². The summed E-state index contributed by atoms with van der Waals surface area (Å²) < 4.78 is 2.47. The second-order valence-corrected chi connectivity index (χ2v) is 7.54. The van der Waals surface area contributed by atoms with Crippen molar-refractivity contribution in [3.63, 3.8) is 0 Å². The number of rotatable bonds is 0. The molecular formula is C4H15NSi2. The summed E-state index contributed by atoms with van der Waals surface area (Å²) in [6.07, 6.45) is 0. The molecule has 0 saturated carbocycles. The Morgan fingerprint density at radius 2 is 1.29 bits per heavy atom. The van der Waals surface area contributed by atoms with Crippen LogP contribution in [-0.2, 0) is 0 Å². The molecule has 0 saturated heterocycles. The van der Waals surface area contributed by atoms with E-state index in [0.717, 1.165) is 0 Å². The van der Waals surface area contributed by atoms with Crippen LogP contribution < -0.4 is 0 Å². The van der Waals surface area contributed by atoms with E-state index in [0.29, 0.717) is 5.54 Å². The molecule has 3 heteroatoms. The molecule has 0 heterocycles. The van der Waals surface area contributed by atoms with Crippen LogP contribution in [-0.4, -0.2) is 30.6 Å². The molecule has 0 aliphatic carbocycles. The molecule has 7 heavy (non-hydrogen) atoms. The van der Waals surface area contributed by atoms with Crippen molar-refractivity contribution in [3.8, 4) is 0 Å². The van der Waals surface area contributed by atoms with E-state index in [2.05, 4.69) is 25.0 Å². The van der Waals surface area contributed by atoms with Gasteiger partial charge in [0.05, 0.1) is 20.8 Å². The lowest BCUT2D eigenvalue weighted by Crippen LogP contribution is -2.36. The average Bonchev–Trinajstić information content (AvgIpc) is 1.31. The molecule has 44 valence electrons. The quantitative estimate of drug-likeness (QED) is 0.369. The van der Waals surface area contributed by atoms with Crippen molar-refractivity contribution in [2.24, 2.45) is 0 Å². The first kappa shape index (κ1) is 7.39. The Hall–Kier alpha value is 0.394. The molecule has 0 unspecified atom stereocenters. The summed E-state index contributed by atoms with van der Waals surface area (Å²) in [4.78, 5) is 0. The summed E-state index contributed by atoms with van der Waals surface area (Å²) in [5.74, 6) is 0. The third-order valence-corrected chi connectivity index (χ3v) is 4.02. The number of hydrogen-bond acceptors (Lipinski definition) is 1. The van der Waals surface area contributed by atoms with Gasteiger partial charge in [0, 0.05) is 0 Å². The van der Waals surface area contributed by atoms with Gasteiger partial charge in [-0.1, -0.05) is 0 Å². The van der Waals surface area contributed by atoms with Crippen molar-refractivity contribution in [2.45, 2.75) is 26.3 Å². The van der Waals surface area contributed by atoms with Crippen LogP contribution in [0.3, 0.4) is 0 Å². The first-order chi connectivity index (χ1) is 2.94. The smallest absolute Gasteiger partial charge is 0.0703 e. The maximum Gasteiger partial charge on any atom is 0.0703 e. The zero-order chi connectivity index (χ0) is 6.08. The van der Waals surface area contributed by atoms with Crippen LogP contribution in [0.1, 0.15) is 20.8 Å². The van der Waals surface area contributed by atoms with E-state index < -0.39 is 0 Å². The summed E-state index contributed by atoms with van der Waals surface area (Å²) >= 11 is 0. The Bertz CT molecular complexity index is 55.2. The van der Waals surface area contributed by atoms with Crippen molar-refractivity contribution in [3.05, 3.63) is 0 Å². The molecule has 0 aromatic rings. The standard InChI is InChI=1S/C4H15NSi2/c1-4(2,3)5(6)7/h1-3,6-7H3. The van der Waals surface area contributed by atoms with E-state index in [1.54, 1.807) is 0 Å². The summed E-state index contributed by atoms with van der Waals surface area (Å²) in [6.45, 7) is 6.77. The molecule has 0 radical (unpaired) electrons. The van der Waals surface area contributed by atoms with E-state index in [4.69, 9.17) is 0 Å². The molecule has 0 amide bonds. The Kier molecular flexibility index (Phi) is 2.23. The van der Waals surface area contributed by atoms with Gasteiger partial charge in [-0.25, -0.2) is 0 Å². The first-order valence-electron chi connectivity index (χ1n) is 2.62. The highest BCUT2D eigenvalue weighted by Gasteiger charge is 2.09. The third kappa shape index (κ3) is 3.02. The molecule has 0 atom stereocenters. The summed E-state index contributed by atoms with van der Waals surface area (Å²) in [7, 11) is 2.45. The van der Waals surface area contributed by atoms with Crippen molar-refractivity contribution in [1.82, 2.24) is 4.23 Å². The van der Waals surface area contributed by atoms with Gasteiger partial charge in [0.1, 0.15) is 0 Å². The van der Waals surface area contributed by atoms with Gasteiger partial charge in [-0.2, -0.15) is 0 Å². The molecular weight excluding hydrogens is 118 g/mol. The lowest BCUT2D eigenvalue weighted by Gasteiger charge is -2.28. The molecule has 0 aromatic carbocycles. The van der Waals surface area contributed by atoms with Gasteiger partial charge in [0.2, 0.25) is 0 Å². The van der Waals surface area contributed by atoms with Gasteiger partial charge >= 0.3 is 0 Å². The Balaban J connectivity index is 3.54. The third-order valence-electron chi connectivity index (χ3n) is 1.34. The normalized spacial score (nSPS) is 13.7. The van der Waals surface area contributed by atoms with E-state index in [-0.39, 0.29) is 0 Å². The van der Waals surface area contributed by atoms with Gasteiger partial charge < -0.3 is 4.23 Å². The zero-order valence-electron chi connectivity index (χ0n) is 5.95. The Labute approximate surface area is 52.1 Å². The topological polar surface area (TPSA) is 3.24 Å². The fourth-order valence-electron chi connectivity index (χ4n) is 0. The lowest BCUT2D eigenvalue weighted by atomic mass is 10.1. The molecule has 1 nitrogen and oxygen atoms in total. The minimum Gasteiger partial charge on any atom is -0.356 e. The lowest BCUT2D eigenvalue weighted by molar-refractivity contribution is 0.388. The maximum atomic E-state index is 2.47. The van der Waals surface area contributed by atoms with Crippen molar-refractivity contribution in [1.29, 1.82) is 0 Å². The summed E-state index contributed by atoms with van der Waals surface area (Å²) in [5, 5.41) is 0. The fourth-order valence-corrected chi connectivity index (χ4v) is 0. The first-order valence-corrected chi connectivity index (χ1v) is 4.41. The van der Waals surface area contributed by atoms with Crippen LogP contribution in [0.2, 0.25) is 0 Å². The zero-order valence-corrected chi connectivity index (χ0v) is 9.95. The number of nitrogens with zero attached hydrogens (tertiary/aromatic N) is 1. The fraction of sp³-hybridized carbons (Fsp3) is 1.00. The van der Waals surface area contributed by atoms with Crippen LogP contribution >= 0.6 is 0 Å². The average molecular weight is 133 g/mol. The van der Waals surface area contributed by atoms with Crippen LogP contribution in [0.4, 0.5) is 0 Å². The van der Waals surface area contributed by atoms with Gasteiger partial charge in [-0.15, -0.1) is 0 Å². The van der Waals surface area contributed by atoms with Gasteiger partial charge in [-0.05, 0) is 26.3 Å². The highest BCUT2D eigenvalue weighted by molar-refractivity contribution is 6.25. The van der Waals surface area contributed by atoms with Gasteiger partial charge in [0.25, 0.3) is 0 Å². The molecule has 0 spiro atoms. The molecule has 0 aliphatic rings. The largest absolute Gasteiger partial charge is 0.356 e. The predicted octanol–water partition coefficient (Wildman–Crippen LogP) is -1.35. The Morgan fingerprint density at radius 3 is 1.29 bits per heavy atom. The van der Waals surface area contributed by atoms with Crippen LogP contribution in [0, 0.1) is 0 Å². The second-order valence-electron chi connectivity index (χ2n) is 3.07. The Morgan fingerprint density at radius 1 is 1.14 bits per heavy atom. The summed E-state index contributed by atoms with van der Waals surface area (Å²) in [6, 6.07) is 0. The van der Waals surface area contributed by atoms with Crippen LogP contribution in [0.5, 0.6) is 0 Å². The SMILES string of the molecule is CC(C)(C)N([SiH3])[SiH3]. The van der Waals surface area contributed by atoms with E-state index in [1.807, 2.05) is 0 Å². The van der Waals surface area contributed by atoms with Crippen molar-refractivity contribution in [2.75, 3.05) is 0 Å². The van der Waals surface area contributed by atoms with Crippen molar-refractivity contribution < 1.29 is 0 Å². The number of hydrogen-bond donors (Lipinski definition) is 0. The van der Waals surface area contributed by atoms with Gasteiger partial charge in [-0.3, -0.25) is 0 Å². The van der Waals surface area contributed by atoms with Crippen LogP contribution in [0.15, 0.2) is 0 Å². The molecule has 0 aromatic heterocycles. The van der Waals surface area contributed by atoms with E-state index in [9.17, 15) is 0 Å². The molecule has 0 rings (SSSR count). The van der Waals surface area contributed by atoms with Crippen LogP contribution in [0.25, 0.3) is 0 Å². The molecule has 0 fully saturated rings. The second kappa shape index (κ2) is 2.11.